The van der Waals surface area contributed by atoms with E-state index in [4.69, 9.17) is 5.73 Å². The molecule has 0 fully saturated rings. The summed E-state index contributed by atoms with van der Waals surface area (Å²) in [5.41, 5.74) is 5.20. The number of nitrogens with two attached hydrogens (primary N) is 1. The lowest BCUT2D eigenvalue weighted by Gasteiger charge is -2.33. The fourth-order valence-electron chi connectivity index (χ4n) is 2.34. The zero-order valence-corrected chi connectivity index (χ0v) is 16.5. The van der Waals surface area contributed by atoms with Crippen molar-refractivity contribution in [2.24, 2.45) is 5.73 Å². The molecule has 0 heterocycles. The lowest BCUT2D eigenvalue weighted by atomic mass is 10.2. The van der Waals surface area contributed by atoms with Crippen LogP contribution in [0.5, 0.6) is 0 Å². The maximum absolute atomic E-state index is 12.8. The Morgan fingerprint density at radius 3 is 1.48 bits per heavy atom. The molecule has 0 aromatic carbocycles. The van der Waals surface area contributed by atoms with Crippen LogP contribution in [0.3, 0.4) is 0 Å². The van der Waals surface area contributed by atoms with Crippen molar-refractivity contribution in [2.75, 3.05) is 6.54 Å². The first-order valence-corrected chi connectivity index (χ1v) is 8.88. The Morgan fingerprint density at radius 1 is 0.741 bits per heavy atom. The number of hydrogen-bond acceptors (Lipinski definition) is 6. The van der Waals surface area contributed by atoms with Gasteiger partial charge in [-0.25, -0.2) is 9.59 Å². The highest BCUT2D eigenvalue weighted by molar-refractivity contribution is 6.13. The van der Waals surface area contributed by atoms with E-state index in [-0.39, 0.29) is 32.2 Å². The monoisotopic (exact) mass is 384 g/mol. The van der Waals surface area contributed by atoms with Gasteiger partial charge in [0.05, 0.1) is 12.6 Å². The Bertz CT molecular complexity index is 603. The highest BCUT2D eigenvalue weighted by atomic mass is 16.2. The highest BCUT2D eigenvalue weighted by Gasteiger charge is 2.37. The van der Waals surface area contributed by atoms with Crippen molar-refractivity contribution in [3.63, 3.8) is 0 Å². The average Bonchev–Trinajstić information content (AvgIpc) is 2.64. The molecular formula is C17H28N4O6. The van der Waals surface area contributed by atoms with Crippen LogP contribution < -0.4 is 5.73 Å². The number of nitrogens with zero attached hydrogens (tertiary/aromatic N) is 3. The summed E-state index contributed by atoms with van der Waals surface area (Å²) in [6.45, 7) is 7.09. The topological polar surface area (TPSA) is 138 Å². The van der Waals surface area contributed by atoms with Gasteiger partial charge in [-0.1, -0.05) is 27.7 Å². The van der Waals surface area contributed by atoms with Crippen LogP contribution in [0, 0.1) is 0 Å². The first kappa shape index (κ1) is 24.2. The van der Waals surface area contributed by atoms with E-state index in [1.807, 2.05) is 0 Å². The molecule has 10 nitrogen and oxygen atoms in total. The van der Waals surface area contributed by atoms with Crippen molar-refractivity contribution in [1.82, 2.24) is 14.7 Å². The van der Waals surface area contributed by atoms with Crippen molar-refractivity contribution in [2.45, 2.75) is 66.3 Å². The first-order valence-electron chi connectivity index (χ1n) is 8.88. The summed E-state index contributed by atoms with van der Waals surface area (Å²) in [6, 6.07) is -3.10. The molecule has 0 aliphatic rings. The Morgan fingerprint density at radius 2 is 1.15 bits per heavy atom. The minimum Gasteiger partial charge on any atom is -0.351 e. The van der Waals surface area contributed by atoms with Crippen molar-refractivity contribution in [3.05, 3.63) is 0 Å². The van der Waals surface area contributed by atoms with Gasteiger partial charge in [0.15, 0.2) is 0 Å². The molecule has 0 spiro atoms. The third kappa shape index (κ3) is 6.15. The molecule has 0 aliphatic heterocycles. The Kier molecular flexibility index (Phi) is 9.91. The van der Waals surface area contributed by atoms with Crippen LogP contribution in [-0.2, 0) is 19.2 Å². The van der Waals surface area contributed by atoms with E-state index in [0.717, 1.165) is 9.80 Å². The van der Waals surface area contributed by atoms with E-state index in [2.05, 4.69) is 0 Å². The maximum Gasteiger partial charge on any atom is 0.340 e. The van der Waals surface area contributed by atoms with Crippen LogP contribution in [-0.4, -0.2) is 63.0 Å². The molecule has 0 aliphatic carbocycles. The molecular weight excluding hydrogens is 356 g/mol. The Balaban J connectivity index is 5.89. The minimum atomic E-state index is -1.10. The second kappa shape index (κ2) is 11.0. The van der Waals surface area contributed by atoms with Crippen molar-refractivity contribution in [3.8, 4) is 0 Å². The predicted octanol–water partition coefficient (Wildman–Crippen LogP) is 1.23. The van der Waals surface area contributed by atoms with Gasteiger partial charge in [-0.2, -0.15) is 4.90 Å². The molecule has 0 saturated carbocycles. The molecule has 8 amide bonds. The number of urea groups is 2. The summed E-state index contributed by atoms with van der Waals surface area (Å²) in [7, 11) is 0. The predicted molar refractivity (Wildman–Crippen MR) is 96.0 cm³/mol. The van der Waals surface area contributed by atoms with Gasteiger partial charge in [0.25, 0.3) is 0 Å². The van der Waals surface area contributed by atoms with Crippen LogP contribution in [0.1, 0.15) is 60.3 Å². The molecule has 0 rings (SSSR count). The van der Waals surface area contributed by atoms with Crippen molar-refractivity contribution < 1.29 is 28.8 Å². The summed E-state index contributed by atoms with van der Waals surface area (Å²) in [6.07, 6.45) is -0.299. The number of rotatable bonds is 7. The second-order valence-corrected chi connectivity index (χ2v) is 5.78. The Hall–Kier alpha value is -2.78. The van der Waals surface area contributed by atoms with Gasteiger partial charge in [0.1, 0.15) is 0 Å². The Labute approximate surface area is 158 Å². The molecule has 0 radical (unpaired) electrons. The zero-order valence-electron chi connectivity index (χ0n) is 16.5. The van der Waals surface area contributed by atoms with Gasteiger partial charge in [-0.15, -0.1) is 0 Å². The third-order valence-corrected chi connectivity index (χ3v) is 3.83. The van der Waals surface area contributed by atoms with E-state index >= 15 is 0 Å². The summed E-state index contributed by atoms with van der Waals surface area (Å²) in [4.78, 5) is 74.7. The highest BCUT2D eigenvalue weighted by Crippen LogP contribution is 2.13. The van der Waals surface area contributed by atoms with Crippen LogP contribution in [0.25, 0.3) is 0 Å². The standard InChI is InChI=1S/C17H28N4O6/c1-6-12(22)19(16(18)26)10-11(5)20(13(23)7-2)17(27)21(14(24)8-3)15(25)9-4/h11H,6-10H2,1-5H3,(H2,18,26). The van der Waals surface area contributed by atoms with Gasteiger partial charge in [-0.3, -0.25) is 29.0 Å². The second-order valence-electron chi connectivity index (χ2n) is 5.78. The lowest BCUT2D eigenvalue weighted by molar-refractivity contribution is -0.142. The van der Waals surface area contributed by atoms with E-state index < -0.39 is 41.7 Å². The largest absolute Gasteiger partial charge is 0.351 e. The van der Waals surface area contributed by atoms with Gasteiger partial charge < -0.3 is 5.73 Å². The number of amides is 8. The molecule has 0 bridgehead atoms. The molecule has 10 heteroatoms. The van der Waals surface area contributed by atoms with E-state index in [9.17, 15) is 28.8 Å². The minimum absolute atomic E-state index is 0.0000961. The molecule has 0 saturated heterocycles. The normalized spacial score (nSPS) is 11.3. The fraction of sp³-hybridized carbons (Fsp3) is 0.647. The summed E-state index contributed by atoms with van der Waals surface area (Å²) in [5, 5.41) is 0. The smallest absolute Gasteiger partial charge is 0.340 e. The molecule has 0 aromatic rings. The van der Waals surface area contributed by atoms with Crippen LogP contribution in [0.15, 0.2) is 0 Å². The maximum atomic E-state index is 12.8. The van der Waals surface area contributed by atoms with E-state index in [1.165, 1.54) is 34.6 Å². The first-order chi connectivity index (χ1) is 12.6. The molecule has 152 valence electrons. The summed E-state index contributed by atoms with van der Waals surface area (Å²) >= 11 is 0. The SMILES string of the molecule is CCC(=O)N(CC(C)N(C(=O)CC)C(=O)N(C(=O)CC)C(=O)CC)C(N)=O. The number of primary amides is 1. The van der Waals surface area contributed by atoms with Gasteiger partial charge in [-0.05, 0) is 6.92 Å². The number of carbonyl (C=O) groups excluding carboxylic acids is 6. The molecule has 2 N–H and O–H groups in total. The number of carbonyl (C=O) groups is 6. The molecule has 27 heavy (non-hydrogen) atoms. The van der Waals surface area contributed by atoms with Crippen molar-refractivity contribution >= 4 is 35.7 Å². The quantitative estimate of drug-likeness (QED) is 0.700. The third-order valence-electron chi connectivity index (χ3n) is 3.83. The van der Waals surface area contributed by atoms with Gasteiger partial charge >= 0.3 is 12.1 Å². The molecule has 1 atom stereocenters. The van der Waals surface area contributed by atoms with Crippen LogP contribution >= 0.6 is 0 Å². The van der Waals surface area contributed by atoms with Crippen LogP contribution in [0.4, 0.5) is 9.59 Å². The average molecular weight is 384 g/mol. The van der Waals surface area contributed by atoms with Gasteiger partial charge in [0, 0.05) is 25.7 Å². The van der Waals surface area contributed by atoms with Crippen LogP contribution in [0.2, 0.25) is 0 Å². The summed E-state index contributed by atoms with van der Waals surface area (Å²) in [5.74, 6) is -2.72. The number of hydrogen-bond donors (Lipinski definition) is 1. The lowest BCUT2D eigenvalue weighted by Crippen LogP contribution is -2.57. The van der Waals surface area contributed by atoms with E-state index in [0.29, 0.717) is 4.90 Å². The van der Waals surface area contributed by atoms with E-state index in [1.54, 1.807) is 0 Å². The fourth-order valence-corrected chi connectivity index (χ4v) is 2.34. The summed E-state index contributed by atoms with van der Waals surface area (Å²) < 4.78 is 0. The molecule has 1 unspecified atom stereocenters. The number of imide groups is 5. The zero-order chi connectivity index (χ0) is 21.3. The molecule has 0 aromatic heterocycles. The van der Waals surface area contributed by atoms with Gasteiger partial charge in [0.2, 0.25) is 23.6 Å². The van der Waals surface area contributed by atoms with Crippen molar-refractivity contribution in [1.29, 1.82) is 0 Å².